The van der Waals surface area contributed by atoms with Gasteiger partial charge in [-0.15, -0.1) is 0 Å². The van der Waals surface area contributed by atoms with Gasteiger partial charge in [0.05, 0.1) is 18.0 Å². The third-order valence-corrected chi connectivity index (χ3v) is 8.02. The Labute approximate surface area is 280 Å². The molecule has 0 heterocycles. The second-order valence-corrected chi connectivity index (χ2v) is 11.4. The molecule has 0 spiro atoms. The molecule has 6 aromatic rings. The van der Waals surface area contributed by atoms with Gasteiger partial charge in [-0.2, -0.15) is 0 Å². The monoisotopic (exact) mass is 633 g/mol. The van der Waals surface area contributed by atoms with E-state index >= 15 is 0 Å². The second kappa shape index (κ2) is 15.4. The van der Waals surface area contributed by atoms with E-state index in [9.17, 15) is 14.7 Å². The zero-order valence-electron chi connectivity index (χ0n) is 26.3. The summed E-state index contributed by atoms with van der Waals surface area (Å²) in [6.07, 6.45) is -0.281. The molecule has 0 fully saturated rings. The largest absolute Gasteiger partial charge is 0.489 e. The molecule has 6 rings (SSSR count). The molecule has 0 saturated carbocycles. The topological polar surface area (TPSA) is 84.9 Å². The van der Waals surface area contributed by atoms with Crippen molar-refractivity contribution in [1.29, 1.82) is 0 Å². The molecule has 48 heavy (non-hydrogen) atoms. The van der Waals surface area contributed by atoms with Gasteiger partial charge in [-0.3, -0.25) is 9.59 Å². The molecule has 0 radical (unpaired) electrons. The molecule has 1 amide bonds. The van der Waals surface area contributed by atoms with Gasteiger partial charge in [-0.05, 0) is 63.2 Å². The maximum absolute atomic E-state index is 13.5. The van der Waals surface area contributed by atoms with Gasteiger partial charge in [-0.1, -0.05) is 133 Å². The Hall–Kier alpha value is -6.14. The summed E-state index contributed by atoms with van der Waals surface area (Å²) in [5.41, 5.74) is 7.50. The Morgan fingerprint density at radius 1 is 0.542 bits per heavy atom. The lowest BCUT2D eigenvalue weighted by molar-refractivity contribution is -0.137. The predicted molar refractivity (Wildman–Crippen MR) is 188 cm³/mol. The first-order valence-corrected chi connectivity index (χ1v) is 15.8. The Bertz CT molecular complexity index is 1940. The van der Waals surface area contributed by atoms with Crippen LogP contribution in [-0.4, -0.2) is 17.0 Å². The number of para-hydroxylation sites is 1. The molecule has 0 aliphatic rings. The van der Waals surface area contributed by atoms with E-state index in [2.05, 4.69) is 41.7 Å². The summed E-state index contributed by atoms with van der Waals surface area (Å²) in [5.74, 6) is -0.391. The number of ether oxygens (including phenoxy) is 2. The standard InChI is InChI=1S/C42H35NO5/c44-41(45)27-39(36-23-25-37(26-24-36)47-28-30-15-19-34(20-16-30)32-9-3-1-4-10-32)43-42(46)38-13-7-8-14-40(38)48-29-31-17-21-35(22-18-31)33-11-5-2-6-12-33/h1-26,39H,27-29H2,(H,43,46)(H,44,45). The fourth-order valence-corrected chi connectivity index (χ4v) is 5.42. The van der Waals surface area contributed by atoms with Gasteiger partial charge >= 0.3 is 5.97 Å². The zero-order chi connectivity index (χ0) is 33.1. The Balaban J connectivity index is 1.07. The molecule has 6 heteroatoms. The third-order valence-electron chi connectivity index (χ3n) is 8.02. The number of carbonyl (C=O) groups excluding carboxylic acids is 1. The van der Waals surface area contributed by atoms with Gasteiger partial charge in [0.2, 0.25) is 0 Å². The minimum absolute atomic E-state index is 0.274. The highest BCUT2D eigenvalue weighted by Crippen LogP contribution is 2.26. The van der Waals surface area contributed by atoms with Crippen LogP contribution >= 0.6 is 0 Å². The maximum atomic E-state index is 13.5. The Morgan fingerprint density at radius 2 is 1.02 bits per heavy atom. The number of nitrogens with one attached hydrogen (secondary N) is 1. The molecule has 1 atom stereocenters. The van der Waals surface area contributed by atoms with Gasteiger partial charge in [-0.25, -0.2) is 0 Å². The van der Waals surface area contributed by atoms with Crippen LogP contribution in [0.5, 0.6) is 11.5 Å². The zero-order valence-corrected chi connectivity index (χ0v) is 26.3. The quantitative estimate of drug-likeness (QED) is 0.133. The third kappa shape index (κ3) is 8.36. The van der Waals surface area contributed by atoms with E-state index in [1.54, 1.807) is 48.5 Å². The van der Waals surface area contributed by atoms with Crippen molar-refractivity contribution in [2.24, 2.45) is 0 Å². The van der Waals surface area contributed by atoms with E-state index in [-0.39, 0.29) is 13.0 Å². The average molecular weight is 634 g/mol. The van der Waals surface area contributed by atoms with Crippen LogP contribution in [-0.2, 0) is 18.0 Å². The minimum atomic E-state index is -1.02. The lowest BCUT2D eigenvalue weighted by atomic mass is 10.0. The Morgan fingerprint density at radius 3 is 1.56 bits per heavy atom. The van der Waals surface area contributed by atoms with Crippen LogP contribution < -0.4 is 14.8 Å². The van der Waals surface area contributed by atoms with E-state index in [1.807, 2.05) is 72.8 Å². The number of carbonyl (C=O) groups is 2. The summed E-state index contributed by atoms with van der Waals surface area (Å²) in [6, 6.07) is 50.0. The molecule has 0 bridgehead atoms. The molecular weight excluding hydrogens is 598 g/mol. The first-order valence-electron chi connectivity index (χ1n) is 15.8. The number of carboxylic acids is 1. The smallest absolute Gasteiger partial charge is 0.305 e. The minimum Gasteiger partial charge on any atom is -0.489 e. The highest BCUT2D eigenvalue weighted by Gasteiger charge is 2.21. The second-order valence-electron chi connectivity index (χ2n) is 11.4. The summed E-state index contributed by atoms with van der Waals surface area (Å²) in [6.45, 7) is 0.661. The number of amides is 1. The van der Waals surface area contributed by atoms with Crippen molar-refractivity contribution >= 4 is 11.9 Å². The van der Waals surface area contributed by atoms with Crippen molar-refractivity contribution in [1.82, 2.24) is 5.32 Å². The number of rotatable bonds is 13. The summed E-state index contributed by atoms with van der Waals surface area (Å²) in [5, 5.41) is 12.5. The summed E-state index contributed by atoms with van der Waals surface area (Å²) in [4.78, 5) is 25.3. The highest BCUT2D eigenvalue weighted by molar-refractivity contribution is 5.97. The molecular formula is C42H35NO5. The first-order chi connectivity index (χ1) is 23.5. The van der Waals surface area contributed by atoms with Crippen molar-refractivity contribution in [3.8, 4) is 33.8 Å². The van der Waals surface area contributed by atoms with Crippen LogP contribution in [0.15, 0.2) is 158 Å². The van der Waals surface area contributed by atoms with Crippen LogP contribution in [0.2, 0.25) is 0 Å². The van der Waals surface area contributed by atoms with Crippen LogP contribution in [0, 0.1) is 0 Å². The van der Waals surface area contributed by atoms with Gasteiger partial charge in [0.1, 0.15) is 24.7 Å². The van der Waals surface area contributed by atoms with E-state index in [4.69, 9.17) is 9.47 Å². The highest BCUT2D eigenvalue weighted by atomic mass is 16.5. The molecule has 1 unspecified atom stereocenters. The van der Waals surface area contributed by atoms with E-state index < -0.39 is 17.9 Å². The lowest BCUT2D eigenvalue weighted by Gasteiger charge is -2.19. The molecule has 0 aromatic heterocycles. The van der Waals surface area contributed by atoms with Crippen molar-refractivity contribution in [2.45, 2.75) is 25.7 Å². The number of carboxylic acid groups (broad SMARTS) is 1. The number of hydrogen-bond donors (Lipinski definition) is 2. The van der Waals surface area contributed by atoms with Crippen molar-refractivity contribution < 1.29 is 24.2 Å². The van der Waals surface area contributed by atoms with E-state index in [0.29, 0.717) is 29.2 Å². The van der Waals surface area contributed by atoms with Crippen LogP contribution in [0.4, 0.5) is 0 Å². The van der Waals surface area contributed by atoms with Crippen LogP contribution in [0.25, 0.3) is 22.3 Å². The SMILES string of the molecule is O=C(O)CC(NC(=O)c1ccccc1OCc1ccc(-c2ccccc2)cc1)c1ccc(OCc2ccc(-c3ccccc3)cc2)cc1. The van der Waals surface area contributed by atoms with Crippen molar-refractivity contribution in [3.63, 3.8) is 0 Å². The first kappa shape index (κ1) is 31.8. The lowest BCUT2D eigenvalue weighted by Crippen LogP contribution is -2.30. The Kier molecular flexibility index (Phi) is 10.2. The molecule has 6 nitrogen and oxygen atoms in total. The maximum Gasteiger partial charge on any atom is 0.305 e. The molecule has 6 aromatic carbocycles. The molecule has 0 aliphatic heterocycles. The molecule has 2 N–H and O–H groups in total. The fraction of sp³-hybridized carbons (Fsp3) is 0.0952. The molecule has 238 valence electrons. The van der Waals surface area contributed by atoms with Crippen molar-refractivity contribution in [2.75, 3.05) is 0 Å². The van der Waals surface area contributed by atoms with E-state index in [0.717, 1.165) is 33.4 Å². The molecule has 0 saturated heterocycles. The fourth-order valence-electron chi connectivity index (χ4n) is 5.42. The molecule has 0 aliphatic carbocycles. The normalized spacial score (nSPS) is 11.3. The van der Waals surface area contributed by atoms with Gasteiger partial charge in [0.25, 0.3) is 5.91 Å². The summed E-state index contributed by atoms with van der Waals surface area (Å²) in [7, 11) is 0. The number of hydrogen-bond acceptors (Lipinski definition) is 4. The van der Waals surface area contributed by atoms with Crippen molar-refractivity contribution in [3.05, 3.63) is 180 Å². The van der Waals surface area contributed by atoms with E-state index in [1.165, 1.54) is 0 Å². The number of aliphatic carboxylic acids is 1. The van der Waals surface area contributed by atoms with Gasteiger partial charge in [0, 0.05) is 0 Å². The van der Waals surface area contributed by atoms with Crippen LogP contribution in [0.3, 0.4) is 0 Å². The van der Waals surface area contributed by atoms with Gasteiger partial charge in [0.15, 0.2) is 0 Å². The summed E-state index contributed by atoms with van der Waals surface area (Å²) < 4.78 is 12.1. The van der Waals surface area contributed by atoms with Gasteiger partial charge < -0.3 is 19.9 Å². The average Bonchev–Trinajstić information content (AvgIpc) is 3.14. The number of benzene rings is 6. The summed E-state index contributed by atoms with van der Waals surface area (Å²) >= 11 is 0. The predicted octanol–water partition coefficient (Wildman–Crippen LogP) is 9.12. The van der Waals surface area contributed by atoms with Crippen LogP contribution in [0.1, 0.15) is 39.5 Å².